The van der Waals surface area contributed by atoms with E-state index in [9.17, 15) is 22.4 Å². The zero-order valence-electron chi connectivity index (χ0n) is 11.7. The van der Waals surface area contributed by atoms with Crippen LogP contribution in [-0.2, 0) is 6.18 Å². The quantitative estimate of drug-likeness (QED) is 0.809. The molecule has 2 unspecified atom stereocenters. The Morgan fingerprint density at radius 3 is 2.33 bits per heavy atom. The Morgan fingerprint density at radius 1 is 1.24 bits per heavy atom. The van der Waals surface area contributed by atoms with E-state index in [1.54, 1.807) is 13.8 Å². The second kappa shape index (κ2) is 5.63. The third-order valence-electron chi connectivity index (χ3n) is 3.60. The van der Waals surface area contributed by atoms with E-state index in [2.05, 4.69) is 5.32 Å². The molecule has 21 heavy (non-hydrogen) atoms. The molecule has 3 nitrogen and oxygen atoms in total. The van der Waals surface area contributed by atoms with Gasteiger partial charge in [-0.2, -0.15) is 13.2 Å². The zero-order valence-corrected chi connectivity index (χ0v) is 11.7. The summed E-state index contributed by atoms with van der Waals surface area (Å²) in [6.07, 6.45) is -4.82. The van der Waals surface area contributed by atoms with Gasteiger partial charge in [-0.05, 0) is 26.0 Å². The lowest BCUT2D eigenvalue weighted by Gasteiger charge is -2.39. The molecule has 0 spiro atoms. The first-order valence-electron chi connectivity index (χ1n) is 6.62. The summed E-state index contributed by atoms with van der Waals surface area (Å²) in [6, 6.07) is 2.35. The van der Waals surface area contributed by atoms with Gasteiger partial charge in [-0.3, -0.25) is 4.79 Å². The van der Waals surface area contributed by atoms with Crippen molar-refractivity contribution in [2.24, 2.45) is 0 Å². The van der Waals surface area contributed by atoms with Gasteiger partial charge >= 0.3 is 6.18 Å². The molecule has 0 radical (unpaired) electrons. The number of carbonyl (C=O) groups is 1. The molecular formula is C14H16F4N2O. The second-order valence-corrected chi connectivity index (χ2v) is 5.23. The van der Waals surface area contributed by atoms with E-state index in [1.165, 1.54) is 4.90 Å². The molecular weight excluding hydrogens is 288 g/mol. The largest absolute Gasteiger partial charge is 0.419 e. The topological polar surface area (TPSA) is 32.3 Å². The van der Waals surface area contributed by atoms with E-state index in [0.29, 0.717) is 19.2 Å². The van der Waals surface area contributed by atoms with Gasteiger partial charge in [0.1, 0.15) is 5.82 Å². The number of benzene rings is 1. The molecule has 1 amide bonds. The molecule has 0 bridgehead atoms. The van der Waals surface area contributed by atoms with Crippen molar-refractivity contribution in [2.75, 3.05) is 13.1 Å². The Bertz CT molecular complexity index is 534. The van der Waals surface area contributed by atoms with Gasteiger partial charge in [-0.15, -0.1) is 0 Å². The van der Waals surface area contributed by atoms with E-state index >= 15 is 0 Å². The molecule has 1 heterocycles. The van der Waals surface area contributed by atoms with Crippen LogP contribution >= 0.6 is 0 Å². The summed E-state index contributed by atoms with van der Waals surface area (Å²) in [7, 11) is 0. The zero-order chi connectivity index (χ0) is 15.8. The average Bonchev–Trinajstić information content (AvgIpc) is 2.37. The standard InChI is InChI=1S/C14H16F4N2O/c1-8-6-19-7-9(2)20(8)13(21)10-4-3-5-11(12(10)15)14(16,17)18/h3-5,8-9,19H,6-7H2,1-2H3. The highest BCUT2D eigenvalue weighted by atomic mass is 19.4. The number of piperazine rings is 1. The first-order chi connectivity index (χ1) is 9.73. The van der Waals surface area contributed by atoms with E-state index < -0.39 is 29.0 Å². The van der Waals surface area contributed by atoms with Crippen LogP contribution in [0.2, 0.25) is 0 Å². The first-order valence-corrected chi connectivity index (χ1v) is 6.62. The minimum absolute atomic E-state index is 0.213. The summed E-state index contributed by atoms with van der Waals surface area (Å²) in [6.45, 7) is 4.59. The van der Waals surface area contributed by atoms with Crippen LogP contribution in [0.5, 0.6) is 0 Å². The Balaban J connectivity index is 2.40. The monoisotopic (exact) mass is 304 g/mol. The molecule has 7 heteroatoms. The summed E-state index contributed by atoms with van der Waals surface area (Å²) in [4.78, 5) is 13.8. The fourth-order valence-electron chi connectivity index (χ4n) is 2.59. The summed E-state index contributed by atoms with van der Waals surface area (Å²) >= 11 is 0. The lowest BCUT2D eigenvalue weighted by molar-refractivity contribution is -0.140. The van der Waals surface area contributed by atoms with Crippen molar-refractivity contribution in [1.82, 2.24) is 10.2 Å². The normalized spacial score (nSPS) is 23.2. The van der Waals surface area contributed by atoms with Crippen molar-refractivity contribution in [3.63, 3.8) is 0 Å². The molecule has 1 aliphatic heterocycles. The number of nitrogens with zero attached hydrogens (tertiary/aromatic N) is 1. The van der Waals surface area contributed by atoms with Crippen molar-refractivity contribution in [1.29, 1.82) is 0 Å². The van der Waals surface area contributed by atoms with Crippen LogP contribution in [0.4, 0.5) is 17.6 Å². The molecule has 2 rings (SSSR count). The van der Waals surface area contributed by atoms with E-state index in [0.717, 1.165) is 12.1 Å². The van der Waals surface area contributed by atoms with E-state index in [4.69, 9.17) is 0 Å². The number of hydrogen-bond donors (Lipinski definition) is 1. The van der Waals surface area contributed by atoms with Gasteiger partial charge < -0.3 is 10.2 Å². The summed E-state index contributed by atoms with van der Waals surface area (Å²) in [5, 5.41) is 3.10. The van der Waals surface area contributed by atoms with Crippen molar-refractivity contribution >= 4 is 5.91 Å². The van der Waals surface area contributed by atoms with Gasteiger partial charge in [0, 0.05) is 25.2 Å². The third kappa shape index (κ3) is 3.02. The molecule has 0 saturated carbocycles. The summed E-state index contributed by atoms with van der Waals surface area (Å²) < 4.78 is 52.2. The maximum absolute atomic E-state index is 14.0. The predicted octanol–water partition coefficient (Wildman–Crippen LogP) is 2.67. The average molecular weight is 304 g/mol. The Hall–Kier alpha value is -1.63. The van der Waals surface area contributed by atoms with Crippen LogP contribution in [0, 0.1) is 5.82 Å². The number of halogens is 4. The highest BCUT2D eigenvalue weighted by molar-refractivity contribution is 5.95. The van der Waals surface area contributed by atoms with Gasteiger partial charge in [0.15, 0.2) is 0 Å². The number of hydrogen-bond acceptors (Lipinski definition) is 2. The molecule has 0 aliphatic carbocycles. The van der Waals surface area contributed by atoms with E-state index in [1.807, 2.05) is 0 Å². The molecule has 1 fully saturated rings. The lowest BCUT2D eigenvalue weighted by Crippen LogP contribution is -2.57. The number of rotatable bonds is 1. The maximum Gasteiger partial charge on any atom is 0.419 e. The number of amides is 1. The molecule has 1 saturated heterocycles. The molecule has 1 aliphatic rings. The van der Waals surface area contributed by atoms with Crippen molar-refractivity contribution in [3.8, 4) is 0 Å². The van der Waals surface area contributed by atoms with Gasteiger partial charge in [0.05, 0.1) is 11.1 Å². The number of carbonyl (C=O) groups excluding carboxylic acids is 1. The van der Waals surface area contributed by atoms with Crippen LogP contribution in [0.25, 0.3) is 0 Å². The Kier molecular flexibility index (Phi) is 4.22. The maximum atomic E-state index is 14.0. The molecule has 2 atom stereocenters. The Labute approximate surface area is 119 Å². The van der Waals surface area contributed by atoms with E-state index in [-0.39, 0.29) is 12.1 Å². The van der Waals surface area contributed by atoms with Crippen molar-refractivity contribution < 1.29 is 22.4 Å². The Morgan fingerprint density at radius 2 is 1.81 bits per heavy atom. The smallest absolute Gasteiger partial charge is 0.331 e. The van der Waals surface area contributed by atoms with Gasteiger partial charge in [0.25, 0.3) is 5.91 Å². The molecule has 116 valence electrons. The highest BCUT2D eigenvalue weighted by Crippen LogP contribution is 2.33. The second-order valence-electron chi connectivity index (χ2n) is 5.23. The van der Waals surface area contributed by atoms with Crippen LogP contribution in [0.15, 0.2) is 18.2 Å². The molecule has 1 aromatic carbocycles. The highest BCUT2D eigenvalue weighted by Gasteiger charge is 2.37. The predicted molar refractivity (Wildman–Crippen MR) is 69.4 cm³/mol. The van der Waals surface area contributed by atoms with Crippen LogP contribution in [0.1, 0.15) is 29.8 Å². The fraction of sp³-hybridized carbons (Fsp3) is 0.500. The summed E-state index contributed by atoms with van der Waals surface area (Å²) in [5.74, 6) is -2.21. The van der Waals surface area contributed by atoms with Gasteiger partial charge in [-0.1, -0.05) is 6.07 Å². The number of nitrogens with one attached hydrogen (secondary N) is 1. The fourth-order valence-corrected chi connectivity index (χ4v) is 2.59. The van der Waals surface area contributed by atoms with Crippen LogP contribution < -0.4 is 5.32 Å². The molecule has 0 aromatic heterocycles. The van der Waals surface area contributed by atoms with Crippen molar-refractivity contribution in [3.05, 3.63) is 35.1 Å². The lowest BCUT2D eigenvalue weighted by atomic mass is 10.0. The van der Waals surface area contributed by atoms with Gasteiger partial charge in [0.2, 0.25) is 0 Å². The number of alkyl halides is 3. The first kappa shape index (κ1) is 15.8. The minimum atomic E-state index is -4.82. The SMILES string of the molecule is CC1CNCC(C)N1C(=O)c1cccc(C(F)(F)F)c1F. The molecule has 1 aromatic rings. The molecule has 1 N–H and O–H groups in total. The minimum Gasteiger partial charge on any atom is -0.331 e. The van der Waals surface area contributed by atoms with Gasteiger partial charge in [-0.25, -0.2) is 4.39 Å². The third-order valence-corrected chi connectivity index (χ3v) is 3.60. The van der Waals surface area contributed by atoms with Crippen molar-refractivity contribution in [2.45, 2.75) is 32.1 Å². The van der Waals surface area contributed by atoms with Crippen LogP contribution in [0.3, 0.4) is 0 Å². The summed E-state index contributed by atoms with van der Waals surface area (Å²) in [5.41, 5.74) is -1.95. The van der Waals surface area contributed by atoms with Crippen LogP contribution in [-0.4, -0.2) is 36.0 Å².